The van der Waals surface area contributed by atoms with Gasteiger partial charge in [-0.1, -0.05) is 0 Å². The van der Waals surface area contributed by atoms with E-state index in [2.05, 4.69) is 22.2 Å². The summed E-state index contributed by atoms with van der Waals surface area (Å²) in [5.41, 5.74) is 2.04. The molecule has 20 heavy (non-hydrogen) atoms. The van der Waals surface area contributed by atoms with Crippen molar-refractivity contribution in [2.24, 2.45) is 0 Å². The molecule has 106 valence electrons. The van der Waals surface area contributed by atoms with Gasteiger partial charge in [-0.15, -0.1) is 11.3 Å². The minimum atomic E-state index is -0.215. The van der Waals surface area contributed by atoms with E-state index in [1.165, 1.54) is 12.1 Å². The number of halogens is 1. The topological polar surface area (TPSA) is 25.4 Å². The van der Waals surface area contributed by atoms with Crippen LogP contribution in [0.3, 0.4) is 0 Å². The molecule has 0 bridgehead atoms. The van der Waals surface area contributed by atoms with Gasteiger partial charge >= 0.3 is 0 Å². The van der Waals surface area contributed by atoms with Crippen LogP contribution in [0, 0.1) is 5.82 Å². The lowest BCUT2D eigenvalue weighted by atomic mass is 10.2. The summed E-state index contributed by atoms with van der Waals surface area (Å²) in [7, 11) is 0. The number of thiazole rings is 1. The Balaban J connectivity index is 1.69. The predicted molar refractivity (Wildman–Crippen MR) is 78.2 cm³/mol. The van der Waals surface area contributed by atoms with Crippen molar-refractivity contribution in [1.29, 1.82) is 0 Å². The minimum Gasteiger partial charge on any atom is -0.376 e. The fourth-order valence-corrected chi connectivity index (χ4v) is 3.18. The van der Waals surface area contributed by atoms with Gasteiger partial charge in [-0.05, 0) is 31.2 Å². The fraction of sp³-hybridized carbons (Fsp3) is 0.400. The monoisotopic (exact) mass is 292 g/mol. The van der Waals surface area contributed by atoms with Crippen LogP contribution in [0.25, 0.3) is 10.6 Å². The molecule has 1 saturated heterocycles. The summed E-state index contributed by atoms with van der Waals surface area (Å²) in [4.78, 5) is 7.00. The largest absolute Gasteiger partial charge is 0.376 e. The van der Waals surface area contributed by atoms with E-state index in [1.807, 2.05) is 0 Å². The van der Waals surface area contributed by atoms with Crippen LogP contribution in [0.2, 0.25) is 0 Å². The number of hydrogen-bond donors (Lipinski definition) is 0. The molecule has 3 rings (SSSR count). The van der Waals surface area contributed by atoms with Gasteiger partial charge < -0.3 is 4.74 Å². The summed E-state index contributed by atoms with van der Waals surface area (Å²) in [6.45, 7) is 5.63. The molecule has 1 aliphatic rings. The third-order valence-electron chi connectivity index (χ3n) is 3.35. The lowest BCUT2D eigenvalue weighted by Crippen LogP contribution is -2.40. The Kier molecular flexibility index (Phi) is 4.10. The maximum Gasteiger partial charge on any atom is 0.123 e. The van der Waals surface area contributed by atoms with Crippen LogP contribution in [-0.4, -0.2) is 35.7 Å². The molecule has 0 N–H and O–H groups in total. The van der Waals surface area contributed by atoms with Crippen LogP contribution in [0.5, 0.6) is 0 Å². The van der Waals surface area contributed by atoms with Crippen molar-refractivity contribution in [3.05, 3.63) is 41.2 Å². The highest BCUT2D eigenvalue weighted by atomic mass is 32.1. The van der Waals surface area contributed by atoms with Gasteiger partial charge in [0, 0.05) is 30.6 Å². The molecule has 0 radical (unpaired) electrons. The molecule has 1 atom stereocenters. The molecule has 5 heteroatoms. The molecule has 0 saturated carbocycles. The number of aromatic nitrogens is 1. The maximum absolute atomic E-state index is 12.9. The van der Waals surface area contributed by atoms with Gasteiger partial charge in [0.05, 0.1) is 18.4 Å². The molecule has 2 aromatic rings. The van der Waals surface area contributed by atoms with Gasteiger partial charge in [0.2, 0.25) is 0 Å². The van der Waals surface area contributed by atoms with E-state index in [-0.39, 0.29) is 5.82 Å². The van der Waals surface area contributed by atoms with Crippen LogP contribution in [0.1, 0.15) is 12.6 Å². The van der Waals surface area contributed by atoms with Crippen LogP contribution in [0.4, 0.5) is 4.39 Å². The minimum absolute atomic E-state index is 0.215. The number of nitrogens with zero attached hydrogens (tertiary/aromatic N) is 2. The van der Waals surface area contributed by atoms with E-state index in [0.29, 0.717) is 6.10 Å². The second-order valence-corrected chi connectivity index (χ2v) is 5.93. The lowest BCUT2D eigenvalue weighted by molar-refractivity contribution is -0.0215. The Hall–Kier alpha value is -1.30. The first-order valence-corrected chi connectivity index (χ1v) is 7.63. The van der Waals surface area contributed by atoms with Crippen LogP contribution < -0.4 is 0 Å². The van der Waals surface area contributed by atoms with Crippen LogP contribution in [0.15, 0.2) is 29.6 Å². The molecule has 1 aliphatic heterocycles. The third-order valence-corrected chi connectivity index (χ3v) is 4.29. The first-order valence-electron chi connectivity index (χ1n) is 6.75. The number of rotatable bonds is 3. The fourth-order valence-electron chi connectivity index (χ4n) is 2.37. The number of benzene rings is 1. The second-order valence-electron chi connectivity index (χ2n) is 5.07. The van der Waals surface area contributed by atoms with E-state index in [1.54, 1.807) is 23.5 Å². The molecule has 1 fully saturated rings. The molecule has 2 heterocycles. The molecule has 1 aromatic heterocycles. The van der Waals surface area contributed by atoms with E-state index >= 15 is 0 Å². The molecule has 1 aromatic carbocycles. The summed E-state index contributed by atoms with van der Waals surface area (Å²) >= 11 is 1.61. The lowest BCUT2D eigenvalue weighted by Gasteiger charge is -2.30. The van der Waals surface area contributed by atoms with E-state index in [0.717, 1.165) is 42.5 Å². The van der Waals surface area contributed by atoms with Gasteiger partial charge in [0.1, 0.15) is 10.8 Å². The van der Waals surface area contributed by atoms with Crippen molar-refractivity contribution >= 4 is 11.3 Å². The smallest absolute Gasteiger partial charge is 0.123 e. The third kappa shape index (κ3) is 3.23. The second kappa shape index (κ2) is 5.99. The summed E-state index contributed by atoms with van der Waals surface area (Å²) in [5, 5.41) is 3.03. The van der Waals surface area contributed by atoms with Crippen molar-refractivity contribution in [2.75, 3.05) is 19.7 Å². The zero-order valence-electron chi connectivity index (χ0n) is 11.4. The highest BCUT2D eigenvalue weighted by Gasteiger charge is 2.17. The highest BCUT2D eigenvalue weighted by molar-refractivity contribution is 7.13. The molecular formula is C15H17FN2OS. The number of hydrogen-bond acceptors (Lipinski definition) is 4. The quantitative estimate of drug-likeness (QED) is 0.869. The number of ether oxygens (including phenoxy) is 1. The van der Waals surface area contributed by atoms with E-state index in [9.17, 15) is 4.39 Å². The SMILES string of the molecule is CC1CN(Cc2csc(-c3ccc(F)cc3)n2)CCO1. The molecular weight excluding hydrogens is 275 g/mol. The van der Waals surface area contributed by atoms with Crippen LogP contribution >= 0.6 is 11.3 Å². The Bertz CT molecular complexity index is 570. The van der Waals surface area contributed by atoms with Gasteiger partial charge in [0.15, 0.2) is 0 Å². The summed E-state index contributed by atoms with van der Waals surface area (Å²) in [6.07, 6.45) is 0.291. The van der Waals surface area contributed by atoms with E-state index in [4.69, 9.17) is 4.74 Å². The summed E-state index contributed by atoms with van der Waals surface area (Å²) in [5.74, 6) is -0.215. The van der Waals surface area contributed by atoms with Gasteiger partial charge in [-0.2, -0.15) is 0 Å². The van der Waals surface area contributed by atoms with Crippen molar-refractivity contribution in [3.63, 3.8) is 0 Å². The Morgan fingerprint density at radius 3 is 2.95 bits per heavy atom. The van der Waals surface area contributed by atoms with Crippen LogP contribution in [-0.2, 0) is 11.3 Å². The Morgan fingerprint density at radius 2 is 2.20 bits per heavy atom. The van der Waals surface area contributed by atoms with E-state index < -0.39 is 0 Å². The summed E-state index contributed by atoms with van der Waals surface area (Å²) < 4.78 is 18.5. The molecule has 3 nitrogen and oxygen atoms in total. The maximum atomic E-state index is 12.9. The summed E-state index contributed by atoms with van der Waals surface area (Å²) in [6, 6.07) is 6.49. The molecule has 0 spiro atoms. The first-order chi connectivity index (χ1) is 9.70. The van der Waals surface area contributed by atoms with Gasteiger partial charge in [-0.25, -0.2) is 9.37 Å². The molecule has 1 unspecified atom stereocenters. The average molecular weight is 292 g/mol. The normalized spacial score (nSPS) is 20.2. The van der Waals surface area contributed by atoms with Gasteiger partial charge in [0.25, 0.3) is 0 Å². The standard InChI is InChI=1S/C15H17FN2OS/c1-11-8-18(6-7-19-11)9-14-10-20-15(17-14)12-2-4-13(16)5-3-12/h2-5,10-11H,6-9H2,1H3. The highest BCUT2D eigenvalue weighted by Crippen LogP contribution is 2.24. The Morgan fingerprint density at radius 1 is 1.40 bits per heavy atom. The van der Waals surface area contributed by atoms with Crippen molar-refractivity contribution in [1.82, 2.24) is 9.88 Å². The first kappa shape index (κ1) is 13.7. The number of morpholine rings is 1. The van der Waals surface area contributed by atoms with Crippen molar-refractivity contribution in [2.45, 2.75) is 19.6 Å². The van der Waals surface area contributed by atoms with Crippen molar-refractivity contribution < 1.29 is 9.13 Å². The predicted octanol–water partition coefficient (Wildman–Crippen LogP) is 3.17. The zero-order chi connectivity index (χ0) is 13.9. The molecule has 0 amide bonds. The Labute approximate surface area is 122 Å². The van der Waals surface area contributed by atoms with Gasteiger partial charge in [-0.3, -0.25) is 4.90 Å². The zero-order valence-corrected chi connectivity index (χ0v) is 12.2. The average Bonchev–Trinajstić information content (AvgIpc) is 2.88. The van der Waals surface area contributed by atoms with Crippen molar-refractivity contribution in [3.8, 4) is 10.6 Å². The molecule has 0 aliphatic carbocycles.